The van der Waals surface area contributed by atoms with E-state index in [1.54, 1.807) is 0 Å². The van der Waals surface area contributed by atoms with Crippen molar-refractivity contribution >= 4 is 5.97 Å². The zero-order valence-corrected chi connectivity index (χ0v) is 13.7. The van der Waals surface area contributed by atoms with Crippen molar-refractivity contribution in [1.29, 1.82) is 0 Å². The summed E-state index contributed by atoms with van der Waals surface area (Å²) < 4.78 is 154. The molecule has 1 fully saturated rings. The first-order valence-corrected chi connectivity index (χ1v) is 7.16. The van der Waals surface area contributed by atoms with E-state index in [-0.39, 0.29) is 11.0 Å². The lowest BCUT2D eigenvalue weighted by atomic mass is 9.95. The van der Waals surface area contributed by atoms with Crippen LogP contribution in [-0.4, -0.2) is 74.1 Å². The zero-order chi connectivity index (χ0) is 22.2. The predicted octanol–water partition coefficient (Wildman–Crippen LogP) is 3.48. The predicted molar refractivity (Wildman–Crippen MR) is 68.3 cm³/mol. The highest BCUT2D eigenvalue weighted by molar-refractivity contribution is 5.83. The van der Waals surface area contributed by atoms with Crippen molar-refractivity contribution in [2.45, 2.75) is 29.9 Å². The normalized spacial score (nSPS) is 18.3. The molecule has 0 amide bonds. The number of alkyl halides is 11. The van der Waals surface area contributed by atoms with Crippen molar-refractivity contribution in [3.63, 3.8) is 0 Å². The Balaban J connectivity index is 3.55. The van der Waals surface area contributed by atoms with Gasteiger partial charge in [0, 0.05) is 19.2 Å². The maximum Gasteiger partial charge on any atom is 0.460 e. The Bertz CT molecular complexity index is 609. The lowest BCUT2D eigenvalue weighted by molar-refractivity contribution is -0.419. The van der Waals surface area contributed by atoms with E-state index in [4.69, 9.17) is 4.74 Å². The van der Waals surface area contributed by atoms with E-state index in [2.05, 4.69) is 4.74 Å². The fraction of sp³-hybridized carbons (Fsp3) is 0.769. The average Bonchev–Trinajstić information content (AvgIpc) is 2.58. The van der Waals surface area contributed by atoms with Gasteiger partial charge in [-0.2, -0.15) is 48.3 Å². The Kier molecular flexibility index (Phi) is 6.54. The number of esters is 1. The highest BCUT2D eigenvalue weighted by Crippen LogP contribution is 2.59. The van der Waals surface area contributed by atoms with Crippen LogP contribution in [0.1, 0.15) is 0 Å². The molecule has 0 radical (unpaired) electrons. The van der Waals surface area contributed by atoms with Crippen molar-refractivity contribution in [3.8, 4) is 0 Å². The number of hydrogen-bond acceptors (Lipinski definition) is 4. The maximum absolute atomic E-state index is 14.3. The summed E-state index contributed by atoms with van der Waals surface area (Å²) in [6.07, 6.45) is -7.65. The summed E-state index contributed by atoms with van der Waals surface area (Å²) >= 11 is 0. The fourth-order valence-corrected chi connectivity index (χ4v) is 2.09. The van der Waals surface area contributed by atoms with E-state index in [1.807, 2.05) is 0 Å². The van der Waals surface area contributed by atoms with Crippen LogP contribution < -0.4 is 0 Å². The number of carbonyl (C=O) groups is 1. The van der Waals surface area contributed by atoms with Crippen LogP contribution in [0.2, 0.25) is 0 Å². The number of morpholine rings is 1. The molecule has 0 N–H and O–H groups in total. The summed E-state index contributed by atoms with van der Waals surface area (Å²) in [5, 5.41) is 0. The number of nitrogens with zero attached hydrogens (tertiary/aromatic N) is 1. The summed E-state index contributed by atoms with van der Waals surface area (Å²) in [6.45, 7) is -2.16. The number of halogens is 11. The quantitative estimate of drug-likeness (QED) is 0.361. The summed E-state index contributed by atoms with van der Waals surface area (Å²) in [7, 11) is 0.596. The fourth-order valence-electron chi connectivity index (χ4n) is 2.09. The molecule has 0 unspecified atom stereocenters. The smallest absolute Gasteiger partial charge is 0.460 e. The standard InChI is InChI=1S/C13H12F11NO3/c1-27-8(26)6-7(25-2-4-28-5-3-25)9(14,15)10(16,17)11(18,19)12(20,21)13(22,23)24/h6H,2-5H2,1H3/b7-6-. The molecule has 0 aromatic rings. The molecule has 0 aliphatic carbocycles. The van der Waals surface area contributed by atoms with Crippen LogP contribution in [0.15, 0.2) is 11.8 Å². The average molecular weight is 439 g/mol. The zero-order valence-electron chi connectivity index (χ0n) is 13.7. The van der Waals surface area contributed by atoms with E-state index in [0.29, 0.717) is 7.11 Å². The second-order valence-electron chi connectivity index (χ2n) is 5.45. The van der Waals surface area contributed by atoms with Gasteiger partial charge in [-0.3, -0.25) is 0 Å². The number of allylic oxidation sites excluding steroid dienone is 1. The van der Waals surface area contributed by atoms with Crippen molar-refractivity contribution in [2.75, 3.05) is 33.4 Å². The van der Waals surface area contributed by atoms with Gasteiger partial charge in [0.2, 0.25) is 0 Å². The Labute approximate surface area is 149 Å². The Morgan fingerprint density at radius 2 is 1.32 bits per heavy atom. The molecule has 0 bridgehead atoms. The molecular formula is C13H12F11NO3. The topological polar surface area (TPSA) is 38.8 Å². The first-order chi connectivity index (χ1) is 12.4. The largest absolute Gasteiger partial charge is 0.466 e. The maximum atomic E-state index is 14.3. The Hall–Kier alpha value is -1.80. The molecule has 0 atom stereocenters. The first-order valence-electron chi connectivity index (χ1n) is 7.16. The molecule has 0 spiro atoms. The molecule has 1 heterocycles. The molecule has 0 aromatic carbocycles. The second-order valence-corrected chi connectivity index (χ2v) is 5.45. The van der Waals surface area contributed by atoms with Gasteiger partial charge in [0.05, 0.1) is 26.0 Å². The second kappa shape index (κ2) is 7.55. The molecule has 1 aliphatic rings. The number of carbonyl (C=O) groups excluding carboxylic acids is 1. The van der Waals surface area contributed by atoms with Crippen LogP contribution in [0.5, 0.6) is 0 Å². The summed E-state index contributed by atoms with van der Waals surface area (Å²) in [6, 6.07) is 0. The molecule has 28 heavy (non-hydrogen) atoms. The summed E-state index contributed by atoms with van der Waals surface area (Å²) in [4.78, 5) is 11.4. The van der Waals surface area contributed by atoms with E-state index in [0.717, 1.165) is 0 Å². The van der Waals surface area contributed by atoms with Crippen LogP contribution in [0.3, 0.4) is 0 Å². The molecule has 1 saturated heterocycles. The number of methoxy groups -OCH3 is 1. The van der Waals surface area contributed by atoms with Crippen molar-refractivity contribution in [1.82, 2.24) is 4.90 Å². The van der Waals surface area contributed by atoms with Crippen LogP contribution in [0, 0.1) is 0 Å². The molecule has 1 rings (SSSR count). The van der Waals surface area contributed by atoms with Crippen LogP contribution in [0.4, 0.5) is 48.3 Å². The molecular weight excluding hydrogens is 427 g/mol. The monoisotopic (exact) mass is 439 g/mol. The van der Waals surface area contributed by atoms with E-state index in [9.17, 15) is 53.1 Å². The van der Waals surface area contributed by atoms with E-state index >= 15 is 0 Å². The molecule has 164 valence electrons. The van der Waals surface area contributed by atoms with Crippen LogP contribution in [0.25, 0.3) is 0 Å². The van der Waals surface area contributed by atoms with Gasteiger partial charge in [0.25, 0.3) is 0 Å². The van der Waals surface area contributed by atoms with Crippen molar-refractivity contribution in [2.24, 2.45) is 0 Å². The Morgan fingerprint density at radius 1 is 0.857 bits per heavy atom. The van der Waals surface area contributed by atoms with Crippen LogP contribution in [-0.2, 0) is 14.3 Å². The number of ether oxygens (including phenoxy) is 2. The molecule has 0 saturated carbocycles. The van der Waals surface area contributed by atoms with Gasteiger partial charge in [-0.15, -0.1) is 0 Å². The highest BCUT2D eigenvalue weighted by Gasteiger charge is 2.87. The van der Waals surface area contributed by atoms with Gasteiger partial charge in [0.15, 0.2) is 0 Å². The third-order valence-electron chi connectivity index (χ3n) is 3.67. The van der Waals surface area contributed by atoms with Crippen molar-refractivity contribution in [3.05, 3.63) is 11.8 Å². The van der Waals surface area contributed by atoms with Gasteiger partial charge in [-0.25, -0.2) is 4.79 Å². The van der Waals surface area contributed by atoms with Gasteiger partial charge in [-0.05, 0) is 0 Å². The van der Waals surface area contributed by atoms with E-state index < -0.39 is 67.8 Å². The minimum Gasteiger partial charge on any atom is -0.466 e. The van der Waals surface area contributed by atoms with Gasteiger partial charge in [0.1, 0.15) is 0 Å². The first kappa shape index (κ1) is 24.2. The molecule has 4 nitrogen and oxygen atoms in total. The summed E-state index contributed by atoms with van der Waals surface area (Å²) in [5.74, 6) is -30.4. The van der Waals surface area contributed by atoms with Gasteiger partial charge in [-0.1, -0.05) is 0 Å². The molecule has 15 heteroatoms. The lowest BCUT2D eigenvalue weighted by Gasteiger charge is -2.41. The van der Waals surface area contributed by atoms with Gasteiger partial charge < -0.3 is 14.4 Å². The minimum absolute atomic E-state index is 0.218. The summed E-state index contributed by atoms with van der Waals surface area (Å²) in [5.41, 5.74) is -2.22. The minimum atomic E-state index is -7.57. The van der Waals surface area contributed by atoms with Gasteiger partial charge >= 0.3 is 35.8 Å². The lowest BCUT2D eigenvalue weighted by Crippen LogP contribution is -2.67. The Morgan fingerprint density at radius 3 is 1.71 bits per heavy atom. The van der Waals surface area contributed by atoms with Crippen molar-refractivity contribution < 1.29 is 62.6 Å². The third-order valence-corrected chi connectivity index (χ3v) is 3.67. The van der Waals surface area contributed by atoms with E-state index in [1.165, 1.54) is 0 Å². The number of rotatable bonds is 6. The highest BCUT2D eigenvalue weighted by atomic mass is 19.4. The SMILES string of the molecule is COC(=O)/C=C(\N1CCOCC1)C(F)(F)C(F)(F)C(F)(F)C(F)(F)C(F)(F)F. The molecule has 0 aromatic heterocycles. The molecule has 1 aliphatic heterocycles. The van der Waals surface area contributed by atoms with Crippen LogP contribution >= 0.6 is 0 Å². The number of hydrogen-bond donors (Lipinski definition) is 0. The third kappa shape index (κ3) is 3.85.